The first kappa shape index (κ1) is 13.5. The van der Waals surface area contributed by atoms with E-state index >= 15 is 0 Å². The Morgan fingerprint density at radius 2 is 2.26 bits per heavy atom. The summed E-state index contributed by atoms with van der Waals surface area (Å²) in [5, 5.41) is 8.57. The molecule has 1 N–H and O–H groups in total. The zero-order chi connectivity index (χ0) is 13.7. The summed E-state index contributed by atoms with van der Waals surface area (Å²) < 4.78 is 23.8. The molecule has 1 aromatic rings. The van der Waals surface area contributed by atoms with Gasteiger partial charge in [0.2, 0.25) is 0 Å². The number of rotatable bonds is 7. The second-order valence-corrected chi connectivity index (χ2v) is 4.43. The molecule has 0 aromatic heterocycles. The van der Waals surface area contributed by atoms with Crippen LogP contribution in [0.25, 0.3) is 6.08 Å². The van der Waals surface area contributed by atoms with Crippen molar-refractivity contribution in [2.45, 2.75) is 12.8 Å². The van der Waals surface area contributed by atoms with Gasteiger partial charge in [0.25, 0.3) is 0 Å². The van der Waals surface area contributed by atoms with E-state index in [9.17, 15) is 9.18 Å². The molecule has 0 bridgehead atoms. The van der Waals surface area contributed by atoms with Crippen LogP contribution in [0.1, 0.15) is 18.4 Å². The van der Waals surface area contributed by atoms with Gasteiger partial charge in [0.15, 0.2) is 6.79 Å². The van der Waals surface area contributed by atoms with Crippen molar-refractivity contribution in [2.24, 2.45) is 5.92 Å². The molecule has 0 aliphatic heterocycles. The van der Waals surface area contributed by atoms with Crippen LogP contribution in [0.4, 0.5) is 4.39 Å². The molecule has 0 radical (unpaired) electrons. The van der Waals surface area contributed by atoms with Gasteiger partial charge in [-0.25, -0.2) is 9.18 Å². The fourth-order valence-electron chi connectivity index (χ4n) is 1.55. The summed E-state index contributed by atoms with van der Waals surface area (Å²) in [6.45, 7) is 0.748. The Hall–Kier alpha value is -1.88. The summed E-state index contributed by atoms with van der Waals surface area (Å²) in [5.41, 5.74) is 0.373. The zero-order valence-corrected chi connectivity index (χ0v) is 10.3. The Kier molecular flexibility index (Phi) is 4.52. The number of hydrogen-bond acceptors (Lipinski definition) is 3. The number of carboxylic acids is 1. The minimum absolute atomic E-state index is 0.0794. The van der Waals surface area contributed by atoms with E-state index < -0.39 is 11.8 Å². The lowest BCUT2D eigenvalue weighted by molar-refractivity contribution is -0.131. The Labute approximate surface area is 110 Å². The normalized spacial score (nSPS) is 14.8. The first-order chi connectivity index (χ1) is 9.15. The highest BCUT2D eigenvalue weighted by Gasteiger charge is 2.21. The van der Waals surface area contributed by atoms with Crippen molar-refractivity contribution in [2.75, 3.05) is 13.4 Å². The molecule has 0 saturated heterocycles. The van der Waals surface area contributed by atoms with Crippen molar-refractivity contribution in [1.82, 2.24) is 0 Å². The maximum atomic E-state index is 13.1. The molecule has 0 atom stereocenters. The lowest BCUT2D eigenvalue weighted by atomic mass is 10.2. The Bertz CT molecular complexity index is 480. The topological polar surface area (TPSA) is 55.8 Å². The third-order valence-electron chi connectivity index (χ3n) is 2.73. The van der Waals surface area contributed by atoms with Gasteiger partial charge in [-0.2, -0.15) is 0 Å². The van der Waals surface area contributed by atoms with Gasteiger partial charge in [0, 0.05) is 11.6 Å². The quantitative estimate of drug-likeness (QED) is 0.468. The molecule has 19 heavy (non-hydrogen) atoms. The molecule has 102 valence electrons. The molecular weight excluding hydrogens is 251 g/mol. The number of aliphatic carboxylic acids is 1. The average molecular weight is 266 g/mol. The van der Waals surface area contributed by atoms with E-state index in [0.29, 0.717) is 23.8 Å². The van der Waals surface area contributed by atoms with Gasteiger partial charge < -0.3 is 14.6 Å². The van der Waals surface area contributed by atoms with Gasteiger partial charge in [-0.3, -0.25) is 0 Å². The number of halogens is 1. The fraction of sp³-hybridized carbons (Fsp3) is 0.357. The molecule has 2 rings (SSSR count). The zero-order valence-electron chi connectivity index (χ0n) is 10.3. The third kappa shape index (κ3) is 4.71. The van der Waals surface area contributed by atoms with Crippen molar-refractivity contribution < 1.29 is 23.8 Å². The summed E-state index contributed by atoms with van der Waals surface area (Å²) >= 11 is 0. The molecule has 1 aromatic carbocycles. The highest BCUT2D eigenvalue weighted by Crippen LogP contribution is 2.29. The number of ether oxygens (including phenoxy) is 2. The van der Waals surface area contributed by atoms with E-state index in [4.69, 9.17) is 14.6 Å². The predicted molar refractivity (Wildman–Crippen MR) is 67.2 cm³/mol. The SMILES string of the molecule is O=C(O)/C=C/c1cc(F)ccc1OCOCC1CC1. The van der Waals surface area contributed by atoms with E-state index in [1.165, 1.54) is 37.1 Å². The van der Waals surface area contributed by atoms with Gasteiger partial charge in [-0.15, -0.1) is 0 Å². The highest BCUT2D eigenvalue weighted by molar-refractivity contribution is 5.85. The number of carbonyl (C=O) groups is 1. The summed E-state index contributed by atoms with van der Waals surface area (Å²) in [6, 6.07) is 3.93. The van der Waals surface area contributed by atoms with Gasteiger partial charge in [-0.05, 0) is 43.0 Å². The molecule has 0 spiro atoms. The Morgan fingerprint density at radius 1 is 1.47 bits per heavy atom. The molecular formula is C14H15FO4. The summed E-state index contributed by atoms with van der Waals surface area (Å²) in [7, 11) is 0. The first-order valence-electron chi connectivity index (χ1n) is 6.06. The van der Waals surface area contributed by atoms with Crippen LogP contribution in [0, 0.1) is 11.7 Å². The van der Waals surface area contributed by atoms with Crippen molar-refractivity contribution in [3.05, 3.63) is 35.7 Å². The van der Waals surface area contributed by atoms with E-state index in [-0.39, 0.29) is 6.79 Å². The van der Waals surface area contributed by atoms with Crippen LogP contribution in [0.2, 0.25) is 0 Å². The molecule has 1 fully saturated rings. The first-order valence-corrected chi connectivity index (χ1v) is 6.06. The van der Waals surface area contributed by atoms with Crippen LogP contribution in [-0.2, 0) is 9.53 Å². The molecule has 1 saturated carbocycles. The molecule has 0 unspecified atom stereocenters. The van der Waals surface area contributed by atoms with E-state index in [1.54, 1.807) is 0 Å². The van der Waals surface area contributed by atoms with Gasteiger partial charge in [0.05, 0.1) is 6.61 Å². The minimum Gasteiger partial charge on any atom is -0.478 e. The lowest BCUT2D eigenvalue weighted by Crippen LogP contribution is -2.06. The monoisotopic (exact) mass is 266 g/mol. The smallest absolute Gasteiger partial charge is 0.328 e. The summed E-state index contributed by atoms with van der Waals surface area (Å²) in [6.07, 6.45) is 4.63. The van der Waals surface area contributed by atoms with Crippen LogP contribution in [0.15, 0.2) is 24.3 Å². The number of benzene rings is 1. The van der Waals surface area contributed by atoms with Crippen LogP contribution in [0.5, 0.6) is 5.75 Å². The number of carboxylic acid groups (broad SMARTS) is 1. The second-order valence-electron chi connectivity index (χ2n) is 4.43. The van der Waals surface area contributed by atoms with Crippen molar-refractivity contribution >= 4 is 12.0 Å². The van der Waals surface area contributed by atoms with Gasteiger partial charge in [-0.1, -0.05) is 0 Å². The van der Waals surface area contributed by atoms with Crippen molar-refractivity contribution in [3.63, 3.8) is 0 Å². The lowest BCUT2D eigenvalue weighted by Gasteiger charge is -2.09. The van der Waals surface area contributed by atoms with Gasteiger partial charge in [0.1, 0.15) is 11.6 Å². The molecule has 0 heterocycles. The maximum Gasteiger partial charge on any atom is 0.328 e. The summed E-state index contributed by atoms with van der Waals surface area (Å²) in [4.78, 5) is 10.5. The van der Waals surface area contributed by atoms with Crippen molar-refractivity contribution in [1.29, 1.82) is 0 Å². The standard InChI is InChI=1S/C14H15FO4/c15-12-4-5-13(11(7-12)3-6-14(16)17)19-9-18-8-10-1-2-10/h3-7,10H,1-2,8-9H2,(H,16,17)/b6-3+. The minimum atomic E-state index is -1.10. The van der Waals surface area contributed by atoms with E-state index in [2.05, 4.69) is 0 Å². The molecule has 4 nitrogen and oxygen atoms in total. The fourth-order valence-corrected chi connectivity index (χ4v) is 1.55. The second kappa shape index (κ2) is 6.33. The van der Waals surface area contributed by atoms with Crippen LogP contribution >= 0.6 is 0 Å². The highest BCUT2D eigenvalue weighted by atomic mass is 19.1. The molecule has 1 aliphatic carbocycles. The average Bonchev–Trinajstić information content (AvgIpc) is 3.18. The van der Waals surface area contributed by atoms with E-state index in [0.717, 1.165) is 6.08 Å². The van der Waals surface area contributed by atoms with Crippen LogP contribution < -0.4 is 4.74 Å². The van der Waals surface area contributed by atoms with Gasteiger partial charge >= 0.3 is 5.97 Å². The summed E-state index contributed by atoms with van der Waals surface area (Å²) in [5.74, 6) is -0.505. The van der Waals surface area contributed by atoms with Crippen LogP contribution in [0.3, 0.4) is 0 Å². The molecule has 1 aliphatic rings. The largest absolute Gasteiger partial charge is 0.478 e. The molecule has 5 heteroatoms. The predicted octanol–water partition coefficient (Wildman–Crippen LogP) is 2.69. The third-order valence-corrected chi connectivity index (χ3v) is 2.73. The van der Waals surface area contributed by atoms with Crippen LogP contribution in [-0.4, -0.2) is 24.5 Å². The Balaban J connectivity index is 1.94. The Morgan fingerprint density at radius 3 is 2.95 bits per heavy atom. The van der Waals surface area contributed by atoms with Crippen molar-refractivity contribution in [3.8, 4) is 5.75 Å². The molecule has 0 amide bonds. The van der Waals surface area contributed by atoms with E-state index in [1.807, 2.05) is 0 Å². The number of hydrogen-bond donors (Lipinski definition) is 1. The maximum absolute atomic E-state index is 13.1.